The highest BCUT2D eigenvalue weighted by molar-refractivity contribution is 7.14. The maximum Gasteiger partial charge on any atom is 0.267 e. The molecular formula is C21H22N2O2S. The number of thiazole rings is 1. The van der Waals surface area contributed by atoms with Crippen LogP contribution in [-0.4, -0.2) is 17.0 Å². The number of rotatable bonds is 6. The zero-order valence-corrected chi connectivity index (χ0v) is 16.0. The van der Waals surface area contributed by atoms with Crippen molar-refractivity contribution >= 4 is 22.4 Å². The molecule has 0 aliphatic rings. The van der Waals surface area contributed by atoms with Crippen molar-refractivity contribution in [3.05, 3.63) is 65.0 Å². The Morgan fingerprint density at radius 3 is 2.65 bits per heavy atom. The molecule has 0 spiro atoms. The van der Waals surface area contributed by atoms with E-state index in [2.05, 4.69) is 42.3 Å². The highest BCUT2D eigenvalue weighted by Crippen LogP contribution is 2.28. The van der Waals surface area contributed by atoms with Crippen LogP contribution in [0.15, 0.2) is 53.9 Å². The van der Waals surface area contributed by atoms with Gasteiger partial charge in [-0.15, -0.1) is 11.3 Å². The zero-order valence-electron chi connectivity index (χ0n) is 15.2. The first-order chi connectivity index (χ1) is 12.6. The molecule has 0 radical (unpaired) electrons. The summed E-state index contributed by atoms with van der Waals surface area (Å²) in [5.41, 5.74) is 4.35. The Morgan fingerprint density at radius 2 is 1.96 bits per heavy atom. The van der Waals surface area contributed by atoms with Gasteiger partial charge in [0.05, 0.1) is 5.69 Å². The summed E-state index contributed by atoms with van der Waals surface area (Å²) in [6.07, 6.45) is 0.0293. The third kappa shape index (κ3) is 4.29. The van der Waals surface area contributed by atoms with Gasteiger partial charge in [-0.3, -0.25) is 10.1 Å². The van der Waals surface area contributed by atoms with Gasteiger partial charge in [0.1, 0.15) is 5.75 Å². The molecule has 1 amide bonds. The standard InChI is InChI=1S/C21H22N2O2S/c1-4-19(25-16-8-6-5-7-9-16)20(24)23-21-22-18(13-26-21)17-11-10-14(2)12-15(17)3/h5-13,19H,4H2,1-3H3,(H,22,23,24)/t19-/m0/s1. The molecule has 3 aromatic rings. The van der Waals surface area contributed by atoms with Gasteiger partial charge in [0.15, 0.2) is 11.2 Å². The number of hydrogen-bond donors (Lipinski definition) is 1. The maximum absolute atomic E-state index is 12.5. The van der Waals surface area contributed by atoms with Crippen LogP contribution in [0.4, 0.5) is 5.13 Å². The number of amides is 1. The molecule has 3 rings (SSSR count). The van der Waals surface area contributed by atoms with Crippen molar-refractivity contribution in [2.24, 2.45) is 0 Å². The largest absolute Gasteiger partial charge is 0.481 e. The van der Waals surface area contributed by atoms with Crippen molar-refractivity contribution in [3.63, 3.8) is 0 Å². The second-order valence-corrected chi connectivity index (χ2v) is 7.03. The van der Waals surface area contributed by atoms with Gasteiger partial charge in [-0.05, 0) is 38.0 Å². The van der Waals surface area contributed by atoms with E-state index in [9.17, 15) is 4.79 Å². The molecule has 0 unspecified atom stereocenters. The molecule has 26 heavy (non-hydrogen) atoms. The number of nitrogens with one attached hydrogen (secondary N) is 1. The third-order valence-corrected chi connectivity index (χ3v) is 4.83. The predicted octanol–water partition coefficient (Wildman–Crippen LogP) is 5.22. The average Bonchev–Trinajstić information content (AvgIpc) is 3.08. The summed E-state index contributed by atoms with van der Waals surface area (Å²) in [6.45, 7) is 6.07. The summed E-state index contributed by atoms with van der Waals surface area (Å²) in [7, 11) is 0. The van der Waals surface area contributed by atoms with Gasteiger partial charge in [0.2, 0.25) is 0 Å². The first-order valence-corrected chi connectivity index (χ1v) is 9.50. The minimum Gasteiger partial charge on any atom is -0.481 e. The van der Waals surface area contributed by atoms with E-state index in [1.165, 1.54) is 22.5 Å². The molecule has 0 aliphatic carbocycles. The number of hydrogen-bond acceptors (Lipinski definition) is 4. The lowest BCUT2D eigenvalue weighted by Crippen LogP contribution is -2.32. The molecule has 1 aromatic heterocycles. The summed E-state index contributed by atoms with van der Waals surface area (Å²) in [6, 6.07) is 15.6. The fourth-order valence-corrected chi connectivity index (χ4v) is 3.44. The van der Waals surface area contributed by atoms with Gasteiger partial charge in [0, 0.05) is 10.9 Å². The summed E-state index contributed by atoms with van der Waals surface area (Å²) < 4.78 is 5.79. The van der Waals surface area contributed by atoms with E-state index in [1.54, 1.807) is 0 Å². The van der Waals surface area contributed by atoms with Crippen LogP contribution in [0.3, 0.4) is 0 Å². The minimum atomic E-state index is -0.550. The Labute approximate surface area is 157 Å². The summed E-state index contributed by atoms with van der Waals surface area (Å²) in [5.74, 6) is 0.502. The molecule has 1 atom stereocenters. The first kappa shape index (κ1) is 18.1. The maximum atomic E-state index is 12.5. The monoisotopic (exact) mass is 366 g/mol. The van der Waals surface area contributed by atoms with Crippen LogP contribution >= 0.6 is 11.3 Å². The number of aryl methyl sites for hydroxylation is 2. The second-order valence-electron chi connectivity index (χ2n) is 6.17. The number of benzene rings is 2. The number of nitrogens with zero attached hydrogens (tertiary/aromatic N) is 1. The van der Waals surface area contributed by atoms with E-state index in [0.29, 0.717) is 17.3 Å². The highest BCUT2D eigenvalue weighted by atomic mass is 32.1. The van der Waals surface area contributed by atoms with Crippen molar-refractivity contribution in [3.8, 4) is 17.0 Å². The van der Waals surface area contributed by atoms with Gasteiger partial charge < -0.3 is 4.74 Å². The van der Waals surface area contributed by atoms with Crippen LogP contribution in [0.25, 0.3) is 11.3 Å². The fraction of sp³-hybridized carbons (Fsp3) is 0.238. The van der Waals surface area contributed by atoms with Gasteiger partial charge in [-0.2, -0.15) is 0 Å². The number of aromatic nitrogens is 1. The Balaban J connectivity index is 1.70. The molecule has 0 saturated heterocycles. The smallest absolute Gasteiger partial charge is 0.267 e. The Morgan fingerprint density at radius 1 is 1.19 bits per heavy atom. The second kappa shape index (κ2) is 8.15. The van der Waals surface area contributed by atoms with Crippen LogP contribution in [0.1, 0.15) is 24.5 Å². The molecule has 0 bridgehead atoms. The first-order valence-electron chi connectivity index (χ1n) is 8.62. The molecule has 0 fully saturated rings. The Kier molecular flexibility index (Phi) is 5.68. The van der Waals surface area contributed by atoms with Gasteiger partial charge >= 0.3 is 0 Å². The van der Waals surface area contributed by atoms with Gasteiger partial charge in [-0.1, -0.05) is 48.9 Å². The Bertz CT molecular complexity index is 890. The molecule has 1 heterocycles. The van der Waals surface area contributed by atoms with E-state index >= 15 is 0 Å². The number of ether oxygens (including phenoxy) is 1. The van der Waals surface area contributed by atoms with Crippen molar-refractivity contribution < 1.29 is 9.53 Å². The molecule has 0 saturated carbocycles. The number of carbonyl (C=O) groups excluding carboxylic acids is 1. The normalized spacial score (nSPS) is 11.8. The van der Waals surface area contributed by atoms with Gasteiger partial charge in [0.25, 0.3) is 5.91 Å². The number of carbonyl (C=O) groups is 1. The van der Waals surface area contributed by atoms with Crippen LogP contribution in [-0.2, 0) is 4.79 Å². The average molecular weight is 366 g/mol. The topological polar surface area (TPSA) is 51.2 Å². The zero-order chi connectivity index (χ0) is 18.5. The molecule has 5 heteroatoms. The molecular weight excluding hydrogens is 344 g/mol. The SMILES string of the molecule is CC[C@H](Oc1ccccc1)C(=O)Nc1nc(-c2ccc(C)cc2C)cs1. The summed E-state index contributed by atoms with van der Waals surface area (Å²) in [5, 5.41) is 5.43. The van der Waals surface area contributed by atoms with E-state index in [-0.39, 0.29) is 5.91 Å². The summed E-state index contributed by atoms with van der Waals surface area (Å²) in [4.78, 5) is 17.1. The highest BCUT2D eigenvalue weighted by Gasteiger charge is 2.20. The van der Waals surface area contributed by atoms with Crippen molar-refractivity contribution in [1.82, 2.24) is 4.98 Å². The van der Waals surface area contributed by atoms with E-state index in [4.69, 9.17) is 4.74 Å². The van der Waals surface area contributed by atoms with E-state index < -0.39 is 6.10 Å². The molecule has 0 aliphatic heterocycles. The van der Waals surface area contributed by atoms with Crippen LogP contribution in [0.2, 0.25) is 0 Å². The lowest BCUT2D eigenvalue weighted by atomic mass is 10.0. The lowest BCUT2D eigenvalue weighted by molar-refractivity contribution is -0.122. The number of anilines is 1. The summed E-state index contributed by atoms with van der Waals surface area (Å²) >= 11 is 1.42. The minimum absolute atomic E-state index is 0.183. The van der Waals surface area contributed by atoms with Crippen molar-refractivity contribution in [2.75, 3.05) is 5.32 Å². The fourth-order valence-electron chi connectivity index (χ4n) is 2.73. The molecule has 134 valence electrons. The van der Waals surface area contributed by atoms with Crippen LogP contribution in [0, 0.1) is 13.8 Å². The number of para-hydroxylation sites is 1. The van der Waals surface area contributed by atoms with Crippen LogP contribution in [0.5, 0.6) is 5.75 Å². The third-order valence-electron chi connectivity index (χ3n) is 4.08. The molecule has 2 aromatic carbocycles. The van der Waals surface area contributed by atoms with Crippen molar-refractivity contribution in [2.45, 2.75) is 33.3 Å². The molecule has 1 N–H and O–H groups in total. The van der Waals surface area contributed by atoms with E-state index in [0.717, 1.165) is 11.3 Å². The lowest BCUT2D eigenvalue weighted by Gasteiger charge is -2.16. The van der Waals surface area contributed by atoms with Crippen molar-refractivity contribution in [1.29, 1.82) is 0 Å². The van der Waals surface area contributed by atoms with E-state index in [1.807, 2.05) is 42.6 Å². The predicted molar refractivity (Wildman–Crippen MR) is 107 cm³/mol. The Hall–Kier alpha value is -2.66. The quantitative estimate of drug-likeness (QED) is 0.650. The van der Waals surface area contributed by atoms with Crippen LogP contribution < -0.4 is 10.1 Å². The molecule has 4 nitrogen and oxygen atoms in total. The van der Waals surface area contributed by atoms with Gasteiger partial charge in [-0.25, -0.2) is 4.98 Å².